The van der Waals surface area contributed by atoms with Crippen LogP contribution < -0.4 is 11.1 Å². The lowest BCUT2D eigenvalue weighted by Crippen LogP contribution is -2.47. The van der Waals surface area contributed by atoms with E-state index >= 15 is 0 Å². The lowest BCUT2D eigenvalue weighted by atomic mass is 9.93. The molecule has 0 aliphatic carbocycles. The highest BCUT2D eigenvalue weighted by Crippen LogP contribution is 2.27. The predicted molar refractivity (Wildman–Crippen MR) is 159 cm³/mol. The van der Waals surface area contributed by atoms with Gasteiger partial charge in [-0.05, 0) is 78.1 Å². The number of rotatable bonds is 11. The molecule has 5 N–H and O–H groups in total. The predicted octanol–water partition coefficient (Wildman–Crippen LogP) is 4.38. The molecule has 9 heteroatoms. The van der Waals surface area contributed by atoms with Gasteiger partial charge in [-0.2, -0.15) is 4.31 Å². The number of anilines is 1. The molecule has 0 aliphatic heterocycles. The second-order valence-electron chi connectivity index (χ2n) is 10.7. The van der Waals surface area contributed by atoms with Crippen LogP contribution in [0.25, 0.3) is 21.9 Å². The molecule has 4 aromatic rings. The summed E-state index contributed by atoms with van der Waals surface area (Å²) in [5, 5.41) is 25.8. The molecule has 0 radical (unpaired) electrons. The third-order valence-corrected chi connectivity index (χ3v) is 8.64. The van der Waals surface area contributed by atoms with Gasteiger partial charge in [-0.3, -0.25) is 0 Å². The van der Waals surface area contributed by atoms with Crippen LogP contribution in [0.5, 0.6) is 0 Å². The molecule has 40 heavy (non-hydrogen) atoms. The zero-order valence-corrected chi connectivity index (χ0v) is 23.7. The molecule has 0 bridgehead atoms. The smallest absolute Gasteiger partial charge is 0.335 e. The molecular weight excluding hydrogens is 526 g/mol. The maximum Gasteiger partial charge on any atom is 0.335 e. The van der Waals surface area contributed by atoms with E-state index in [1.807, 2.05) is 26.0 Å². The van der Waals surface area contributed by atoms with E-state index in [0.717, 1.165) is 10.7 Å². The number of hydrogen-bond donors (Lipinski definition) is 4. The molecule has 210 valence electrons. The van der Waals surface area contributed by atoms with Gasteiger partial charge in [0.25, 0.3) is 0 Å². The zero-order chi connectivity index (χ0) is 29.1. The molecule has 1 atom stereocenters. The van der Waals surface area contributed by atoms with Crippen molar-refractivity contribution in [1.82, 2.24) is 9.62 Å². The van der Waals surface area contributed by atoms with Gasteiger partial charge in [0, 0.05) is 31.4 Å². The van der Waals surface area contributed by atoms with Crippen molar-refractivity contribution in [2.75, 3.05) is 25.9 Å². The number of sulfonamides is 1. The van der Waals surface area contributed by atoms with E-state index in [9.17, 15) is 23.4 Å². The lowest BCUT2D eigenvalue weighted by Gasteiger charge is -2.29. The van der Waals surface area contributed by atoms with Crippen molar-refractivity contribution in [1.29, 1.82) is 0 Å². The molecule has 8 nitrogen and oxygen atoms in total. The summed E-state index contributed by atoms with van der Waals surface area (Å²) in [6.45, 7) is 4.20. The van der Waals surface area contributed by atoms with Crippen LogP contribution in [0.1, 0.15) is 29.8 Å². The molecule has 0 saturated heterocycles. The number of aliphatic hydroxyl groups is 1. The lowest BCUT2D eigenvalue weighted by molar-refractivity contribution is 0.0697. The molecule has 0 spiro atoms. The zero-order valence-electron chi connectivity index (χ0n) is 22.8. The number of carbonyl (C=O) groups is 1. The van der Waals surface area contributed by atoms with Crippen molar-refractivity contribution in [2.24, 2.45) is 0 Å². The summed E-state index contributed by atoms with van der Waals surface area (Å²) in [7, 11) is -2.50. The first-order chi connectivity index (χ1) is 18.8. The van der Waals surface area contributed by atoms with Crippen molar-refractivity contribution in [2.45, 2.75) is 36.8 Å². The molecule has 4 rings (SSSR count). The van der Waals surface area contributed by atoms with Gasteiger partial charge in [-0.1, -0.05) is 54.6 Å². The van der Waals surface area contributed by atoms with Crippen LogP contribution in [-0.2, 0) is 16.4 Å². The Hall–Kier alpha value is -3.76. The highest BCUT2D eigenvalue weighted by molar-refractivity contribution is 7.89. The minimum Gasteiger partial charge on any atom is -0.478 e. The van der Waals surface area contributed by atoms with E-state index in [1.54, 1.807) is 18.2 Å². The van der Waals surface area contributed by atoms with Gasteiger partial charge < -0.3 is 21.3 Å². The van der Waals surface area contributed by atoms with E-state index in [1.165, 1.54) is 47.6 Å². The van der Waals surface area contributed by atoms with Crippen molar-refractivity contribution < 1.29 is 23.4 Å². The van der Waals surface area contributed by atoms with Crippen LogP contribution in [-0.4, -0.2) is 60.7 Å². The maximum atomic E-state index is 13.3. The molecule has 0 amide bonds. The summed E-state index contributed by atoms with van der Waals surface area (Å²) in [5.74, 6) is -1.12. The fourth-order valence-corrected chi connectivity index (χ4v) is 5.99. The fraction of sp³-hybridized carbons (Fsp3) is 0.258. The van der Waals surface area contributed by atoms with Crippen molar-refractivity contribution in [3.05, 3.63) is 96.1 Å². The minimum absolute atomic E-state index is 0.0135. The van der Waals surface area contributed by atoms with Gasteiger partial charge >= 0.3 is 5.97 Å². The Morgan fingerprint density at radius 3 is 2.40 bits per heavy atom. The number of nitrogens with zero attached hydrogens (tertiary/aromatic N) is 1. The first-order valence-corrected chi connectivity index (χ1v) is 14.4. The third kappa shape index (κ3) is 7.05. The maximum absolute atomic E-state index is 13.3. The number of aliphatic hydroxyl groups excluding tert-OH is 1. The Labute approximate surface area is 235 Å². The highest BCUT2D eigenvalue weighted by Gasteiger charge is 2.25. The normalized spacial score (nSPS) is 13.0. The van der Waals surface area contributed by atoms with Crippen LogP contribution in [0.4, 0.5) is 5.69 Å². The van der Waals surface area contributed by atoms with E-state index in [2.05, 4.69) is 35.6 Å². The standard InChI is InChI=1S/C31H35N3O5S/c1-31(2,18-21-11-12-22-7-4-5-8-23(22)13-21)33-19-28(35)20-34(3)40(38,39)29-10-6-9-24(17-29)25-14-26(30(36)37)16-27(32)15-25/h4-17,28,33,35H,18-20,32H2,1-3H3,(H,36,37). The van der Waals surface area contributed by atoms with E-state index in [4.69, 9.17) is 5.73 Å². The number of nitrogen functional groups attached to an aromatic ring is 1. The number of benzene rings is 4. The first-order valence-electron chi connectivity index (χ1n) is 13.0. The SMILES string of the molecule is CN(CC(O)CNC(C)(C)Cc1ccc2ccccc2c1)S(=O)(=O)c1cccc(-c2cc(N)cc(C(=O)O)c2)c1. The summed E-state index contributed by atoms with van der Waals surface area (Å²) in [5.41, 5.74) is 7.99. The Balaban J connectivity index is 1.40. The summed E-state index contributed by atoms with van der Waals surface area (Å²) < 4.78 is 27.8. The first kappa shape index (κ1) is 29.2. The Bertz CT molecular complexity index is 1640. The van der Waals surface area contributed by atoms with E-state index in [0.29, 0.717) is 11.1 Å². The van der Waals surface area contributed by atoms with E-state index in [-0.39, 0.29) is 34.8 Å². The summed E-state index contributed by atoms with van der Waals surface area (Å²) in [4.78, 5) is 11.5. The quantitative estimate of drug-likeness (QED) is 0.200. The second-order valence-corrected chi connectivity index (χ2v) is 12.8. The molecule has 0 heterocycles. The summed E-state index contributed by atoms with van der Waals surface area (Å²) >= 11 is 0. The summed E-state index contributed by atoms with van der Waals surface area (Å²) in [6.07, 6.45) is -0.204. The number of hydrogen-bond acceptors (Lipinski definition) is 6. The Morgan fingerprint density at radius 1 is 0.950 bits per heavy atom. The van der Waals surface area contributed by atoms with Crippen LogP contribution in [0.15, 0.2) is 89.8 Å². The molecule has 0 fully saturated rings. The van der Waals surface area contributed by atoms with E-state index < -0.39 is 22.1 Å². The van der Waals surface area contributed by atoms with Crippen LogP contribution in [0.3, 0.4) is 0 Å². The van der Waals surface area contributed by atoms with Gasteiger partial charge in [-0.25, -0.2) is 13.2 Å². The second kappa shape index (κ2) is 11.8. The number of nitrogens with one attached hydrogen (secondary N) is 1. The van der Waals surface area contributed by atoms with Crippen LogP contribution in [0, 0.1) is 0 Å². The molecule has 4 aromatic carbocycles. The molecular formula is C31H35N3O5S. The molecule has 0 aliphatic rings. The number of aromatic carboxylic acids is 1. The molecule has 0 aromatic heterocycles. The van der Waals surface area contributed by atoms with Gasteiger partial charge in [0.05, 0.1) is 16.6 Å². The largest absolute Gasteiger partial charge is 0.478 e. The number of β-amino-alcohol motifs (C(OH)–C–C–N with tert-alkyl or cyclic N) is 1. The third-order valence-electron chi connectivity index (χ3n) is 6.82. The van der Waals surface area contributed by atoms with Gasteiger partial charge in [-0.15, -0.1) is 0 Å². The molecule has 0 saturated carbocycles. The van der Waals surface area contributed by atoms with Crippen LogP contribution >= 0.6 is 0 Å². The van der Waals surface area contributed by atoms with Crippen molar-refractivity contribution in [3.8, 4) is 11.1 Å². The number of likely N-dealkylation sites (N-methyl/N-ethyl adjacent to an activating group) is 1. The number of nitrogens with two attached hydrogens (primary N) is 1. The van der Waals surface area contributed by atoms with Gasteiger partial charge in [0.2, 0.25) is 10.0 Å². The fourth-order valence-electron chi connectivity index (χ4n) is 4.73. The van der Waals surface area contributed by atoms with Crippen molar-refractivity contribution >= 4 is 32.5 Å². The topological polar surface area (TPSA) is 133 Å². The van der Waals surface area contributed by atoms with Gasteiger partial charge in [0.15, 0.2) is 0 Å². The number of carboxylic acids is 1. The number of fused-ring (bicyclic) bond motifs is 1. The number of carboxylic acid groups (broad SMARTS) is 1. The Morgan fingerprint density at radius 2 is 1.68 bits per heavy atom. The molecule has 1 unspecified atom stereocenters. The minimum atomic E-state index is -3.93. The average Bonchev–Trinajstić information content (AvgIpc) is 2.91. The highest BCUT2D eigenvalue weighted by atomic mass is 32.2. The van der Waals surface area contributed by atoms with Gasteiger partial charge in [0.1, 0.15) is 0 Å². The Kier molecular flexibility index (Phi) is 8.60. The van der Waals surface area contributed by atoms with Crippen molar-refractivity contribution in [3.63, 3.8) is 0 Å². The summed E-state index contributed by atoms with van der Waals surface area (Å²) in [6, 6.07) is 25.2. The average molecular weight is 562 g/mol. The van der Waals surface area contributed by atoms with Crippen LogP contribution in [0.2, 0.25) is 0 Å². The monoisotopic (exact) mass is 561 g/mol.